The van der Waals surface area contributed by atoms with Crippen molar-refractivity contribution in [2.45, 2.75) is 66.7 Å². The second-order valence-electron chi connectivity index (χ2n) is 14.7. The third-order valence-corrected chi connectivity index (χ3v) is 15.3. The number of amides is 4. The molecule has 3 unspecified atom stereocenters. The molecule has 3 aromatic rings. The molecule has 1 aliphatic carbocycles. The summed E-state index contributed by atoms with van der Waals surface area (Å²) in [6, 6.07) is 18.1. The lowest BCUT2D eigenvalue weighted by molar-refractivity contribution is -0.120. The van der Waals surface area contributed by atoms with Gasteiger partial charge in [0.05, 0.1) is 39.3 Å². The average Bonchev–Trinajstić information content (AvgIpc) is 3.73. The standard InChI is InChI=1S/C43H46N4O8S3/c1-28-13-21-35(22-14-28)57(52,53)26-32(27-58(54,55)36-23-15-29(2)16-24-36)41(49)30-17-19-31(20-18-30)42(50)45-34-9-5-7-33(8-6-10-34)44-39(48)12-4-3-11-38-40-37(25-56-38)46-43(51)47-40/h5-10,13-24,32,37-38,40H,3-4,11-12,25-27H2,1-2H3,(H,44,48)(H,45,50)(H2,46,47,51)/b7-5-,8-6?,9-5?,10-6?,33-7?,33-8+,34-9?,34-10?. The molecule has 15 heteroatoms. The number of carbonyl (C=O) groups is 4. The second kappa shape index (κ2) is 18.6. The zero-order chi connectivity index (χ0) is 41.5. The van der Waals surface area contributed by atoms with Crippen LogP contribution in [0.15, 0.2) is 130 Å². The minimum atomic E-state index is -4.06. The average molecular weight is 843 g/mol. The molecule has 2 aliphatic heterocycles. The summed E-state index contributed by atoms with van der Waals surface area (Å²) in [7, 11) is -8.12. The summed E-state index contributed by atoms with van der Waals surface area (Å²) < 4.78 is 53.9. The van der Waals surface area contributed by atoms with E-state index in [1.807, 2.05) is 25.6 Å². The molecule has 6 rings (SSSR count). The van der Waals surface area contributed by atoms with Gasteiger partial charge in [0.1, 0.15) is 0 Å². The van der Waals surface area contributed by atoms with Crippen LogP contribution in [0.4, 0.5) is 4.79 Å². The zero-order valence-corrected chi connectivity index (χ0v) is 34.6. The van der Waals surface area contributed by atoms with E-state index in [0.29, 0.717) is 23.1 Å². The van der Waals surface area contributed by atoms with Crippen LogP contribution in [-0.4, -0.2) is 75.1 Å². The molecule has 2 heterocycles. The van der Waals surface area contributed by atoms with E-state index in [1.54, 1.807) is 60.7 Å². The Bertz CT molecular complexity index is 2310. The Morgan fingerprint density at radius 3 is 1.83 bits per heavy atom. The quantitative estimate of drug-likeness (QED) is 0.0820. The number of allylic oxidation sites excluding steroid dienone is 6. The maximum atomic E-state index is 13.9. The summed E-state index contributed by atoms with van der Waals surface area (Å²) in [6.45, 7) is 3.62. The number of nitrogens with one attached hydrogen (secondary N) is 4. The molecule has 0 saturated carbocycles. The van der Waals surface area contributed by atoms with Crippen LogP contribution in [-0.2, 0) is 24.5 Å². The highest BCUT2D eigenvalue weighted by Gasteiger charge is 2.42. The van der Waals surface area contributed by atoms with E-state index in [-0.39, 0.29) is 44.9 Å². The summed E-state index contributed by atoms with van der Waals surface area (Å²) in [5, 5.41) is 12.0. The molecular formula is C43H46N4O8S3. The molecule has 0 spiro atoms. The smallest absolute Gasteiger partial charge is 0.315 e. The number of urea groups is 1. The number of benzene rings is 3. The Kier molecular flexibility index (Phi) is 13.6. The van der Waals surface area contributed by atoms with Crippen LogP contribution in [0.3, 0.4) is 0 Å². The van der Waals surface area contributed by atoms with Crippen molar-refractivity contribution in [2.24, 2.45) is 5.92 Å². The van der Waals surface area contributed by atoms with Crippen LogP contribution in [0.2, 0.25) is 0 Å². The van der Waals surface area contributed by atoms with Gasteiger partial charge in [-0.2, -0.15) is 11.8 Å². The summed E-state index contributed by atoms with van der Waals surface area (Å²) in [5.41, 5.74) is 3.03. The first-order valence-electron chi connectivity index (χ1n) is 19.0. The number of rotatable bonds is 16. The van der Waals surface area contributed by atoms with Gasteiger partial charge in [0.25, 0.3) is 5.91 Å². The number of thioether (sulfide) groups is 1. The van der Waals surface area contributed by atoms with Gasteiger partial charge in [0.2, 0.25) is 5.91 Å². The van der Waals surface area contributed by atoms with Gasteiger partial charge in [0.15, 0.2) is 25.5 Å². The van der Waals surface area contributed by atoms with Gasteiger partial charge in [-0.3, -0.25) is 14.4 Å². The Morgan fingerprint density at radius 2 is 1.26 bits per heavy atom. The van der Waals surface area contributed by atoms with Crippen LogP contribution in [0.1, 0.15) is 57.5 Å². The van der Waals surface area contributed by atoms with Gasteiger partial charge < -0.3 is 21.3 Å². The van der Waals surface area contributed by atoms with E-state index < -0.39 is 48.8 Å². The Morgan fingerprint density at radius 1 is 0.724 bits per heavy atom. The lowest BCUT2D eigenvalue weighted by Gasteiger charge is -2.17. The Balaban J connectivity index is 1.04. The van der Waals surface area contributed by atoms with Crippen LogP contribution < -0.4 is 21.3 Å². The van der Waals surface area contributed by atoms with Crippen molar-refractivity contribution in [2.75, 3.05) is 17.3 Å². The maximum Gasteiger partial charge on any atom is 0.315 e. The van der Waals surface area contributed by atoms with Gasteiger partial charge in [0, 0.05) is 39.9 Å². The van der Waals surface area contributed by atoms with E-state index in [2.05, 4.69) is 21.3 Å². The summed E-state index contributed by atoms with van der Waals surface area (Å²) in [6.07, 6.45) is 13.1. The first-order chi connectivity index (χ1) is 27.7. The largest absolute Gasteiger partial charge is 0.332 e. The fourth-order valence-electron chi connectivity index (χ4n) is 6.92. The fourth-order valence-corrected chi connectivity index (χ4v) is 11.7. The summed E-state index contributed by atoms with van der Waals surface area (Å²) >= 11 is 1.85. The number of sulfone groups is 2. The van der Waals surface area contributed by atoms with Crippen LogP contribution in [0, 0.1) is 19.8 Å². The topological polar surface area (TPSA) is 185 Å². The molecule has 0 bridgehead atoms. The van der Waals surface area contributed by atoms with Crippen molar-refractivity contribution < 1.29 is 36.0 Å². The van der Waals surface area contributed by atoms with Crippen molar-refractivity contribution in [1.82, 2.24) is 21.3 Å². The predicted molar refractivity (Wildman–Crippen MR) is 225 cm³/mol. The molecule has 304 valence electrons. The highest BCUT2D eigenvalue weighted by atomic mass is 32.2. The van der Waals surface area contributed by atoms with Gasteiger partial charge in [-0.15, -0.1) is 0 Å². The molecule has 2 saturated heterocycles. The Labute approximate surface area is 343 Å². The normalized spacial score (nSPS) is 20.4. The van der Waals surface area contributed by atoms with E-state index in [1.165, 1.54) is 48.5 Å². The lowest BCUT2D eigenvalue weighted by Crippen LogP contribution is -2.36. The van der Waals surface area contributed by atoms with E-state index in [9.17, 15) is 36.0 Å². The molecule has 2 fully saturated rings. The number of carbonyl (C=O) groups excluding carboxylic acids is 4. The van der Waals surface area contributed by atoms with Crippen LogP contribution in [0.25, 0.3) is 0 Å². The van der Waals surface area contributed by atoms with Crippen LogP contribution in [0.5, 0.6) is 0 Å². The van der Waals surface area contributed by atoms with Crippen molar-refractivity contribution in [3.05, 3.63) is 143 Å². The van der Waals surface area contributed by atoms with E-state index in [4.69, 9.17) is 0 Å². The monoisotopic (exact) mass is 842 g/mol. The number of Topliss-reactive ketones (excluding diaryl/α,β-unsaturated/α-hetero) is 1. The Hall–Kier alpha value is -5.25. The van der Waals surface area contributed by atoms with Crippen molar-refractivity contribution in [1.29, 1.82) is 0 Å². The van der Waals surface area contributed by atoms with Gasteiger partial charge in [-0.1, -0.05) is 66.1 Å². The maximum absolute atomic E-state index is 13.9. The molecule has 0 radical (unpaired) electrons. The molecular weight excluding hydrogens is 797 g/mol. The molecule has 0 aromatic heterocycles. The first-order valence-corrected chi connectivity index (χ1v) is 23.3. The number of hydrogen-bond acceptors (Lipinski definition) is 9. The van der Waals surface area contributed by atoms with Crippen molar-refractivity contribution in [3.63, 3.8) is 0 Å². The zero-order valence-electron chi connectivity index (χ0n) is 32.1. The van der Waals surface area contributed by atoms with Crippen molar-refractivity contribution >= 4 is 55.1 Å². The molecule has 3 atom stereocenters. The van der Waals surface area contributed by atoms with Gasteiger partial charge in [-0.25, -0.2) is 21.6 Å². The number of hydrogen-bond donors (Lipinski definition) is 4. The molecule has 4 N–H and O–H groups in total. The highest BCUT2D eigenvalue weighted by molar-refractivity contribution is 8.00. The van der Waals surface area contributed by atoms with Crippen molar-refractivity contribution in [3.8, 4) is 0 Å². The first kappa shape index (κ1) is 42.4. The predicted octanol–water partition coefficient (Wildman–Crippen LogP) is 5.52. The third-order valence-electron chi connectivity index (χ3n) is 10.1. The van der Waals surface area contributed by atoms with Crippen LogP contribution >= 0.6 is 11.8 Å². The second-order valence-corrected chi connectivity index (χ2v) is 20.0. The number of unbranched alkanes of at least 4 members (excludes halogenated alkanes) is 1. The minimum Gasteiger partial charge on any atom is -0.332 e. The molecule has 3 aromatic carbocycles. The molecule has 58 heavy (non-hydrogen) atoms. The minimum absolute atomic E-state index is 0.0150. The highest BCUT2D eigenvalue weighted by Crippen LogP contribution is 2.33. The number of ketones is 1. The molecule has 12 nitrogen and oxygen atoms in total. The lowest BCUT2D eigenvalue weighted by atomic mass is 9.99. The number of fused-ring (bicyclic) bond motifs is 1. The van der Waals surface area contributed by atoms with Gasteiger partial charge in [-0.05, 0) is 87.4 Å². The summed E-state index contributed by atoms with van der Waals surface area (Å²) in [5.74, 6) is -3.23. The van der Waals surface area contributed by atoms with E-state index in [0.717, 1.165) is 36.1 Å². The third kappa shape index (κ3) is 11.0. The fraction of sp³-hybridized carbons (Fsp3) is 0.302. The summed E-state index contributed by atoms with van der Waals surface area (Å²) in [4.78, 5) is 51.3. The van der Waals surface area contributed by atoms with Gasteiger partial charge >= 0.3 is 6.03 Å². The molecule has 3 aliphatic rings. The van der Waals surface area contributed by atoms with E-state index >= 15 is 0 Å². The number of aryl methyl sites for hydroxylation is 2. The molecule has 4 amide bonds. The SMILES string of the molecule is Cc1ccc(S(=O)(=O)CC(CS(=O)(=O)c2ccc(C)cc2)C(=O)c2ccc(C(=O)NC3=C/C=C\C(NC(=O)CCCCC4SCC5NC(=O)NC54)=C/C=C3)cc2)cc1.